The Bertz CT molecular complexity index is 122. The maximum atomic E-state index is 2.43. The highest BCUT2D eigenvalue weighted by Gasteiger charge is 2.09. The van der Waals surface area contributed by atoms with Gasteiger partial charge < -0.3 is 0 Å². The van der Waals surface area contributed by atoms with Crippen molar-refractivity contribution in [3.05, 3.63) is 12.2 Å². The van der Waals surface area contributed by atoms with Crippen molar-refractivity contribution in [2.75, 3.05) is 0 Å². The lowest BCUT2D eigenvalue weighted by atomic mass is 9.88. The first kappa shape index (κ1) is 8.83. The molecule has 1 aliphatic rings. The zero-order valence-corrected chi connectivity index (χ0v) is 7.84. The fourth-order valence-corrected chi connectivity index (χ4v) is 1.74. The Morgan fingerprint density at radius 1 is 1.18 bits per heavy atom. The first-order valence-electron chi connectivity index (χ1n) is 4.97. The van der Waals surface area contributed by atoms with E-state index in [1.807, 2.05) is 0 Å². The quantitative estimate of drug-likeness (QED) is 0.502. The van der Waals surface area contributed by atoms with E-state index in [9.17, 15) is 0 Å². The highest BCUT2D eigenvalue weighted by atomic mass is 14.2. The molecule has 0 saturated carbocycles. The second kappa shape index (κ2) is 4.58. The summed E-state index contributed by atoms with van der Waals surface area (Å²) in [5.74, 6) is 1.69. The molecule has 0 aromatic heterocycles. The van der Waals surface area contributed by atoms with Gasteiger partial charge in [-0.1, -0.05) is 38.8 Å². The molecular formula is C11H20. The molecule has 64 valence electrons. The summed E-state index contributed by atoms with van der Waals surface area (Å²) in [6, 6.07) is 0. The lowest BCUT2D eigenvalue weighted by molar-refractivity contribution is 0.409. The Kier molecular flexibility index (Phi) is 3.68. The van der Waals surface area contributed by atoms with E-state index in [-0.39, 0.29) is 0 Å². The zero-order chi connectivity index (χ0) is 8.10. The van der Waals surface area contributed by atoms with E-state index in [0.717, 1.165) is 11.8 Å². The fraction of sp³-hybridized carbons (Fsp3) is 0.818. The molecule has 0 heteroatoms. The van der Waals surface area contributed by atoms with Gasteiger partial charge in [0.1, 0.15) is 0 Å². The Morgan fingerprint density at radius 2 is 2.00 bits per heavy atom. The third-order valence-corrected chi connectivity index (χ3v) is 2.65. The van der Waals surface area contributed by atoms with Crippen LogP contribution in [-0.4, -0.2) is 0 Å². The summed E-state index contributed by atoms with van der Waals surface area (Å²) in [7, 11) is 0. The summed E-state index contributed by atoms with van der Waals surface area (Å²) in [6.45, 7) is 4.66. The Hall–Kier alpha value is -0.260. The molecular weight excluding hydrogens is 132 g/mol. The molecule has 0 aromatic carbocycles. The van der Waals surface area contributed by atoms with Gasteiger partial charge in [-0.25, -0.2) is 0 Å². The van der Waals surface area contributed by atoms with Crippen LogP contribution in [-0.2, 0) is 0 Å². The van der Waals surface area contributed by atoms with Crippen molar-refractivity contribution < 1.29 is 0 Å². The first-order chi connectivity index (χ1) is 5.30. The van der Waals surface area contributed by atoms with Crippen LogP contribution in [0.2, 0.25) is 0 Å². The van der Waals surface area contributed by atoms with E-state index in [1.54, 1.807) is 0 Å². The first-order valence-corrected chi connectivity index (χ1v) is 4.97. The molecule has 0 spiro atoms. The van der Waals surface area contributed by atoms with Crippen LogP contribution in [0.3, 0.4) is 0 Å². The highest BCUT2D eigenvalue weighted by Crippen LogP contribution is 2.22. The zero-order valence-electron chi connectivity index (χ0n) is 7.84. The molecule has 1 aliphatic carbocycles. The van der Waals surface area contributed by atoms with Crippen molar-refractivity contribution in [2.24, 2.45) is 11.8 Å². The van der Waals surface area contributed by atoms with Crippen molar-refractivity contribution in [3.63, 3.8) is 0 Å². The standard InChI is InChI=1S/C11H20/c1-10(2)11-8-6-4-3-5-7-9-11/h6,8,10-11H,3-5,7,9H2,1-2H3. The number of hydrogen-bond acceptors (Lipinski definition) is 0. The van der Waals surface area contributed by atoms with E-state index in [0.29, 0.717) is 0 Å². The van der Waals surface area contributed by atoms with E-state index >= 15 is 0 Å². The van der Waals surface area contributed by atoms with Crippen molar-refractivity contribution in [1.82, 2.24) is 0 Å². The van der Waals surface area contributed by atoms with Gasteiger partial charge in [0.25, 0.3) is 0 Å². The highest BCUT2D eigenvalue weighted by molar-refractivity contribution is 4.91. The van der Waals surface area contributed by atoms with Crippen LogP contribution in [0.15, 0.2) is 12.2 Å². The summed E-state index contributed by atoms with van der Waals surface area (Å²) in [6.07, 6.45) is 11.8. The maximum absolute atomic E-state index is 2.43. The van der Waals surface area contributed by atoms with Gasteiger partial charge in [-0.05, 0) is 31.1 Å². The lowest BCUT2D eigenvalue weighted by Gasteiger charge is -2.18. The molecule has 1 unspecified atom stereocenters. The molecule has 0 bridgehead atoms. The van der Waals surface area contributed by atoms with Crippen molar-refractivity contribution in [1.29, 1.82) is 0 Å². The van der Waals surface area contributed by atoms with Gasteiger partial charge in [-0.15, -0.1) is 0 Å². The normalized spacial score (nSPS) is 26.6. The molecule has 11 heavy (non-hydrogen) atoms. The van der Waals surface area contributed by atoms with Gasteiger partial charge in [0.2, 0.25) is 0 Å². The average molecular weight is 152 g/mol. The number of hydrogen-bond donors (Lipinski definition) is 0. The topological polar surface area (TPSA) is 0 Å². The molecule has 1 rings (SSSR count). The van der Waals surface area contributed by atoms with Crippen molar-refractivity contribution in [3.8, 4) is 0 Å². The predicted octanol–water partition coefficient (Wildman–Crippen LogP) is 3.78. The largest absolute Gasteiger partial charge is 0.0883 e. The molecule has 1 atom stereocenters. The summed E-state index contributed by atoms with van der Waals surface area (Å²) >= 11 is 0. The summed E-state index contributed by atoms with van der Waals surface area (Å²) < 4.78 is 0. The molecule has 0 amide bonds. The third-order valence-electron chi connectivity index (χ3n) is 2.65. The van der Waals surface area contributed by atoms with Crippen molar-refractivity contribution >= 4 is 0 Å². The average Bonchev–Trinajstić information content (AvgIpc) is 1.84. The van der Waals surface area contributed by atoms with Gasteiger partial charge in [-0.2, -0.15) is 0 Å². The van der Waals surface area contributed by atoms with Crippen molar-refractivity contribution in [2.45, 2.75) is 46.0 Å². The van der Waals surface area contributed by atoms with Gasteiger partial charge in [-0.3, -0.25) is 0 Å². The van der Waals surface area contributed by atoms with Crippen LogP contribution >= 0.6 is 0 Å². The molecule has 0 aliphatic heterocycles. The van der Waals surface area contributed by atoms with Crippen LogP contribution in [0.25, 0.3) is 0 Å². The third kappa shape index (κ3) is 3.09. The minimum Gasteiger partial charge on any atom is -0.0883 e. The van der Waals surface area contributed by atoms with Crippen LogP contribution < -0.4 is 0 Å². The molecule has 0 aromatic rings. The fourth-order valence-electron chi connectivity index (χ4n) is 1.74. The SMILES string of the molecule is CC(C)C1C=CCCCCC1. The van der Waals surface area contributed by atoms with Gasteiger partial charge in [0, 0.05) is 0 Å². The van der Waals surface area contributed by atoms with E-state index in [1.165, 1.54) is 32.1 Å². The smallest absolute Gasteiger partial charge is 0.0210 e. The van der Waals surface area contributed by atoms with Crippen LogP contribution in [0.1, 0.15) is 46.0 Å². The Morgan fingerprint density at radius 3 is 2.73 bits per heavy atom. The van der Waals surface area contributed by atoms with Gasteiger partial charge >= 0.3 is 0 Å². The van der Waals surface area contributed by atoms with E-state index < -0.39 is 0 Å². The number of rotatable bonds is 1. The van der Waals surface area contributed by atoms with E-state index in [2.05, 4.69) is 26.0 Å². The minimum absolute atomic E-state index is 0.837. The minimum atomic E-state index is 0.837. The molecule has 0 fully saturated rings. The lowest BCUT2D eigenvalue weighted by Crippen LogP contribution is -2.06. The predicted molar refractivity (Wildman–Crippen MR) is 50.6 cm³/mol. The Balaban J connectivity index is 2.42. The Labute approximate surface area is 70.7 Å². The second-order valence-corrected chi connectivity index (χ2v) is 3.97. The molecule has 0 nitrogen and oxygen atoms in total. The summed E-state index contributed by atoms with van der Waals surface area (Å²) in [4.78, 5) is 0. The second-order valence-electron chi connectivity index (χ2n) is 3.97. The van der Waals surface area contributed by atoms with Crippen LogP contribution in [0.5, 0.6) is 0 Å². The van der Waals surface area contributed by atoms with Crippen LogP contribution in [0, 0.1) is 11.8 Å². The molecule has 0 N–H and O–H groups in total. The molecule has 0 saturated heterocycles. The van der Waals surface area contributed by atoms with Gasteiger partial charge in [0.15, 0.2) is 0 Å². The molecule has 0 radical (unpaired) electrons. The van der Waals surface area contributed by atoms with Crippen LogP contribution in [0.4, 0.5) is 0 Å². The van der Waals surface area contributed by atoms with E-state index in [4.69, 9.17) is 0 Å². The van der Waals surface area contributed by atoms with Gasteiger partial charge in [0.05, 0.1) is 0 Å². The maximum Gasteiger partial charge on any atom is -0.0210 e. The molecule has 0 heterocycles. The monoisotopic (exact) mass is 152 g/mol. The number of allylic oxidation sites excluding steroid dienone is 2. The summed E-state index contributed by atoms with van der Waals surface area (Å²) in [5.41, 5.74) is 0. The summed E-state index contributed by atoms with van der Waals surface area (Å²) in [5, 5.41) is 0.